The number of nitrogens with zero attached hydrogens (tertiary/aromatic N) is 1. The summed E-state index contributed by atoms with van der Waals surface area (Å²) in [6.07, 6.45) is 0. The van der Waals surface area contributed by atoms with Crippen LogP contribution in [0.5, 0.6) is 0 Å². The van der Waals surface area contributed by atoms with E-state index < -0.39 is 0 Å². The Labute approximate surface area is 103 Å². The molecule has 0 N–H and O–H groups in total. The molecule has 0 saturated heterocycles. The van der Waals surface area contributed by atoms with Gasteiger partial charge >= 0.3 is 5.97 Å². The second-order valence-electron chi connectivity index (χ2n) is 4.71. The molecule has 0 spiro atoms. The van der Waals surface area contributed by atoms with Crippen LogP contribution in [0, 0.1) is 20.8 Å². The summed E-state index contributed by atoms with van der Waals surface area (Å²) in [7, 11) is 3.91. The van der Waals surface area contributed by atoms with Crippen LogP contribution in [-0.2, 0) is 4.74 Å². The second kappa shape index (κ2) is 5.82. The molecule has 0 amide bonds. The molecule has 94 valence electrons. The van der Waals surface area contributed by atoms with Crippen molar-refractivity contribution in [2.75, 3.05) is 27.2 Å². The topological polar surface area (TPSA) is 29.5 Å². The SMILES string of the molecule is Cc1cc(C)c(C(=O)OCCN(C)C)c(C)c1. The predicted octanol–water partition coefficient (Wildman–Crippen LogP) is 2.33. The Morgan fingerprint density at radius 2 is 1.71 bits per heavy atom. The molecule has 0 heterocycles. The standard InChI is InChI=1S/C14H21NO2/c1-10-8-11(2)13(12(3)9-10)14(16)17-7-6-15(4)5/h8-9H,6-7H2,1-5H3. The summed E-state index contributed by atoms with van der Waals surface area (Å²) in [5.41, 5.74) is 3.84. The lowest BCUT2D eigenvalue weighted by Gasteiger charge is -2.13. The van der Waals surface area contributed by atoms with Crippen molar-refractivity contribution in [2.24, 2.45) is 0 Å². The molecule has 3 nitrogen and oxygen atoms in total. The number of hydrogen-bond donors (Lipinski definition) is 0. The average Bonchev–Trinajstić information content (AvgIpc) is 2.14. The highest BCUT2D eigenvalue weighted by Crippen LogP contribution is 2.17. The number of esters is 1. The molecule has 1 aromatic carbocycles. The molecular weight excluding hydrogens is 214 g/mol. The smallest absolute Gasteiger partial charge is 0.338 e. The van der Waals surface area contributed by atoms with E-state index in [0.717, 1.165) is 17.7 Å². The lowest BCUT2D eigenvalue weighted by molar-refractivity contribution is 0.0480. The molecular formula is C14H21NO2. The van der Waals surface area contributed by atoms with E-state index >= 15 is 0 Å². The first-order valence-corrected chi connectivity index (χ1v) is 5.81. The maximum Gasteiger partial charge on any atom is 0.338 e. The molecule has 17 heavy (non-hydrogen) atoms. The highest BCUT2D eigenvalue weighted by molar-refractivity contribution is 5.92. The summed E-state index contributed by atoms with van der Waals surface area (Å²) >= 11 is 0. The summed E-state index contributed by atoms with van der Waals surface area (Å²) in [6, 6.07) is 4.02. The summed E-state index contributed by atoms with van der Waals surface area (Å²) in [6.45, 7) is 7.10. The van der Waals surface area contributed by atoms with Crippen LogP contribution in [0.1, 0.15) is 27.0 Å². The second-order valence-corrected chi connectivity index (χ2v) is 4.71. The zero-order valence-corrected chi connectivity index (χ0v) is 11.3. The van der Waals surface area contributed by atoms with E-state index in [4.69, 9.17) is 4.74 Å². The van der Waals surface area contributed by atoms with Gasteiger partial charge in [0, 0.05) is 6.54 Å². The molecule has 0 aliphatic rings. The fraction of sp³-hybridized carbons (Fsp3) is 0.500. The van der Waals surface area contributed by atoms with Gasteiger partial charge in [0.25, 0.3) is 0 Å². The molecule has 0 fully saturated rings. The molecule has 0 unspecified atom stereocenters. The Kier molecular flexibility index (Phi) is 4.70. The van der Waals surface area contributed by atoms with Gasteiger partial charge < -0.3 is 9.64 Å². The van der Waals surface area contributed by atoms with Crippen LogP contribution in [0.25, 0.3) is 0 Å². The predicted molar refractivity (Wildman–Crippen MR) is 69.5 cm³/mol. The van der Waals surface area contributed by atoms with Gasteiger partial charge in [-0.25, -0.2) is 4.79 Å². The molecule has 0 bridgehead atoms. The quantitative estimate of drug-likeness (QED) is 0.750. The highest BCUT2D eigenvalue weighted by atomic mass is 16.5. The number of carbonyl (C=O) groups is 1. The lowest BCUT2D eigenvalue weighted by Crippen LogP contribution is -2.20. The van der Waals surface area contributed by atoms with E-state index in [2.05, 4.69) is 0 Å². The van der Waals surface area contributed by atoms with Crippen molar-refractivity contribution in [3.63, 3.8) is 0 Å². The van der Waals surface area contributed by atoms with Crippen molar-refractivity contribution in [3.05, 3.63) is 34.4 Å². The minimum atomic E-state index is -0.221. The van der Waals surface area contributed by atoms with E-state index in [0.29, 0.717) is 12.2 Å². The van der Waals surface area contributed by atoms with Gasteiger partial charge in [-0.15, -0.1) is 0 Å². The van der Waals surface area contributed by atoms with Gasteiger partial charge in [0.1, 0.15) is 6.61 Å². The van der Waals surface area contributed by atoms with Crippen molar-refractivity contribution in [1.29, 1.82) is 0 Å². The Morgan fingerprint density at radius 3 is 2.18 bits per heavy atom. The first kappa shape index (κ1) is 13.7. The van der Waals surface area contributed by atoms with E-state index in [1.807, 2.05) is 51.9 Å². The van der Waals surface area contributed by atoms with E-state index in [1.165, 1.54) is 5.56 Å². The van der Waals surface area contributed by atoms with Gasteiger partial charge in [-0.05, 0) is 46.0 Å². The maximum absolute atomic E-state index is 11.9. The lowest BCUT2D eigenvalue weighted by atomic mass is 10.00. The molecule has 1 aromatic rings. The fourth-order valence-electron chi connectivity index (χ4n) is 1.90. The van der Waals surface area contributed by atoms with Crippen molar-refractivity contribution < 1.29 is 9.53 Å². The third kappa shape index (κ3) is 3.86. The highest BCUT2D eigenvalue weighted by Gasteiger charge is 2.13. The first-order chi connectivity index (χ1) is 7.91. The molecule has 0 aliphatic heterocycles. The van der Waals surface area contributed by atoms with E-state index in [1.54, 1.807) is 0 Å². The van der Waals surface area contributed by atoms with Gasteiger partial charge in [0.2, 0.25) is 0 Å². The molecule has 1 rings (SSSR count). The van der Waals surface area contributed by atoms with Gasteiger partial charge in [0.05, 0.1) is 5.56 Å². The Balaban J connectivity index is 2.76. The number of ether oxygens (including phenoxy) is 1. The van der Waals surface area contributed by atoms with Crippen molar-refractivity contribution in [1.82, 2.24) is 4.90 Å². The zero-order valence-electron chi connectivity index (χ0n) is 11.3. The minimum absolute atomic E-state index is 0.221. The summed E-state index contributed by atoms with van der Waals surface area (Å²) in [5, 5.41) is 0. The molecule has 0 aromatic heterocycles. The van der Waals surface area contributed by atoms with Crippen LogP contribution in [0.4, 0.5) is 0 Å². The van der Waals surface area contributed by atoms with Crippen molar-refractivity contribution in [2.45, 2.75) is 20.8 Å². The van der Waals surface area contributed by atoms with Crippen LogP contribution >= 0.6 is 0 Å². The molecule has 0 saturated carbocycles. The van der Waals surface area contributed by atoms with Gasteiger partial charge in [-0.1, -0.05) is 17.7 Å². The number of aryl methyl sites for hydroxylation is 3. The normalized spacial score (nSPS) is 10.7. The Hall–Kier alpha value is -1.35. The molecule has 0 aliphatic carbocycles. The largest absolute Gasteiger partial charge is 0.461 e. The van der Waals surface area contributed by atoms with Crippen LogP contribution in [0.3, 0.4) is 0 Å². The maximum atomic E-state index is 11.9. The van der Waals surface area contributed by atoms with E-state index in [-0.39, 0.29) is 5.97 Å². The van der Waals surface area contributed by atoms with Crippen molar-refractivity contribution >= 4 is 5.97 Å². The zero-order chi connectivity index (χ0) is 13.0. The summed E-state index contributed by atoms with van der Waals surface area (Å²) < 4.78 is 5.26. The number of carbonyl (C=O) groups excluding carboxylic acids is 1. The van der Waals surface area contributed by atoms with Crippen LogP contribution < -0.4 is 0 Å². The van der Waals surface area contributed by atoms with Gasteiger partial charge in [-0.2, -0.15) is 0 Å². The summed E-state index contributed by atoms with van der Waals surface area (Å²) in [4.78, 5) is 13.9. The van der Waals surface area contributed by atoms with Crippen LogP contribution in [0.15, 0.2) is 12.1 Å². The minimum Gasteiger partial charge on any atom is -0.461 e. The average molecular weight is 235 g/mol. The first-order valence-electron chi connectivity index (χ1n) is 5.81. The number of rotatable bonds is 4. The Morgan fingerprint density at radius 1 is 1.18 bits per heavy atom. The van der Waals surface area contributed by atoms with Gasteiger partial charge in [-0.3, -0.25) is 0 Å². The number of likely N-dealkylation sites (N-methyl/N-ethyl adjacent to an activating group) is 1. The van der Waals surface area contributed by atoms with Crippen LogP contribution in [0.2, 0.25) is 0 Å². The van der Waals surface area contributed by atoms with Crippen LogP contribution in [-0.4, -0.2) is 38.1 Å². The molecule has 0 atom stereocenters. The summed E-state index contributed by atoms with van der Waals surface area (Å²) in [5.74, 6) is -0.221. The third-order valence-corrected chi connectivity index (χ3v) is 2.65. The van der Waals surface area contributed by atoms with Crippen molar-refractivity contribution in [3.8, 4) is 0 Å². The molecule has 3 heteroatoms. The molecule has 0 radical (unpaired) electrons. The fourth-order valence-corrected chi connectivity index (χ4v) is 1.90. The Bertz CT molecular complexity index is 388. The van der Waals surface area contributed by atoms with Gasteiger partial charge in [0.15, 0.2) is 0 Å². The number of benzene rings is 1. The monoisotopic (exact) mass is 235 g/mol. The van der Waals surface area contributed by atoms with E-state index in [9.17, 15) is 4.79 Å². The number of hydrogen-bond acceptors (Lipinski definition) is 3. The third-order valence-electron chi connectivity index (χ3n) is 2.65.